The SMILES string of the molecule is Cc1ncc(COc2cc(I)cc(Oc3ccc(-c4nc(C5CC(N6CCN(C)CC6)C5)n5ccnc(N)c45)cc3)c2)s1. The topological polar surface area (TPSA) is 94.0 Å². The van der Waals surface area contributed by atoms with E-state index in [9.17, 15) is 0 Å². The van der Waals surface area contributed by atoms with Crippen molar-refractivity contribution in [2.24, 2.45) is 0 Å². The van der Waals surface area contributed by atoms with Crippen LogP contribution < -0.4 is 15.2 Å². The van der Waals surface area contributed by atoms with Gasteiger partial charge in [-0.15, -0.1) is 11.3 Å². The molecule has 0 amide bonds. The van der Waals surface area contributed by atoms with Gasteiger partial charge in [-0.05, 0) is 85.8 Å². The number of imidazole rings is 1. The monoisotopic (exact) mass is 707 g/mol. The van der Waals surface area contributed by atoms with Crippen molar-refractivity contribution in [3.63, 3.8) is 0 Å². The number of fused-ring (bicyclic) bond motifs is 1. The number of nitrogens with two attached hydrogens (primary N) is 1. The largest absolute Gasteiger partial charge is 0.488 e. The summed E-state index contributed by atoms with van der Waals surface area (Å²) < 4.78 is 15.4. The van der Waals surface area contributed by atoms with Crippen LogP contribution in [-0.2, 0) is 6.61 Å². The molecule has 222 valence electrons. The lowest BCUT2D eigenvalue weighted by atomic mass is 9.78. The summed E-state index contributed by atoms with van der Waals surface area (Å²) in [5.74, 6) is 4.19. The van der Waals surface area contributed by atoms with Gasteiger partial charge < -0.3 is 20.1 Å². The number of nitrogens with zero attached hydrogens (tertiary/aromatic N) is 6. The molecule has 0 unspecified atom stereocenters. The minimum atomic E-state index is 0.410. The first-order valence-corrected chi connectivity index (χ1v) is 16.5. The fraction of sp³-hybridized carbons (Fsp3) is 0.344. The molecule has 5 aromatic rings. The first-order valence-electron chi connectivity index (χ1n) is 14.6. The normalized spacial score (nSPS) is 19.4. The van der Waals surface area contributed by atoms with Gasteiger partial charge in [-0.3, -0.25) is 9.30 Å². The molecule has 2 fully saturated rings. The molecule has 7 rings (SSSR count). The molecule has 43 heavy (non-hydrogen) atoms. The number of rotatable bonds is 8. The smallest absolute Gasteiger partial charge is 0.150 e. The molecule has 0 radical (unpaired) electrons. The summed E-state index contributed by atoms with van der Waals surface area (Å²) >= 11 is 3.92. The van der Waals surface area contributed by atoms with E-state index < -0.39 is 0 Å². The van der Waals surface area contributed by atoms with Gasteiger partial charge >= 0.3 is 0 Å². The molecule has 4 heterocycles. The van der Waals surface area contributed by atoms with Crippen molar-refractivity contribution in [3.8, 4) is 28.5 Å². The molecule has 1 saturated carbocycles. The summed E-state index contributed by atoms with van der Waals surface area (Å²) in [5, 5.41) is 1.03. The highest BCUT2D eigenvalue weighted by Gasteiger charge is 2.38. The molecule has 1 saturated heterocycles. The standard InChI is InChI=1S/C32H34IN7O2S/c1-20-36-18-28(43-20)19-41-26-15-23(33)16-27(17-26)42-25-5-3-21(4-6-25)29-30-31(34)35-7-8-40(30)32(37-29)22-13-24(14-22)39-11-9-38(2)10-12-39/h3-8,15-18,22,24H,9-14,19H2,1-2H3,(H2,34,35). The summed E-state index contributed by atoms with van der Waals surface area (Å²) in [6, 6.07) is 14.6. The van der Waals surface area contributed by atoms with Crippen molar-refractivity contribution in [1.29, 1.82) is 0 Å². The Hall–Kier alpha value is -3.26. The number of halogens is 1. The number of hydrogen-bond acceptors (Lipinski definition) is 9. The Balaban J connectivity index is 1.07. The lowest BCUT2D eigenvalue weighted by Crippen LogP contribution is -2.52. The third-order valence-corrected chi connectivity index (χ3v) is 9.91. The highest BCUT2D eigenvalue weighted by atomic mass is 127. The van der Waals surface area contributed by atoms with Crippen LogP contribution in [-0.4, -0.2) is 68.4 Å². The molecule has 0 bridgehead atoms. The zero-order chi connectivity index (χ0) is 29.5. The minimum Gasteiger partial charge on any atom is -0.488 e. The van der Waals surface area contributed by atoms with Gasteiger partial charge in [0.1, 0.15) is 46.7 Å². The number of ether oxygens (including phenoxy) is 2. The van der Waals surface area contributed by atoms with Gasteiger partial charge in [0.2, 0.25) is 0 Å². The first-order chi connectivity index (χ1) is 20.9. The Kier molecular flexibility index (Phi) is 7.97. The molecular formula is C32H34IN7O2S. The van der Waals surface area contributed by atoms with Crippen molar-refractivity contribution >= 4 is 45.3 Å². The lowest BCUT2D eigenvalue weighted by molar-refractivity contribution is 0.0586. The predicted octanol–water partition coefficient (Wildman–Crippen LogP) is 6.21. The van der Waals surface area contributed by atoms with Crippen molar-refractivity contribution in [1.82, 2.24) is 29.2 Å². The second-order valence-corrected chi connectivity index (χ2v) is 14.0. The quantitative estimate of drug-likeness (QED) is 0.190. The molecule has 2 aliphatic rings. The molecule has 9 nitrogen and oxygen atoms in total. The van der Waals surface area contributed by atoms with Crippen LogP contribution in [0.4, 0.5) is 5.82 Å². The molecule has 0 atom stereocenters. The summed E-state index contributed by atoms with van der Waals surface area (Å²) in [4.78, 5) is 20.0. The summed E-state index contributed by atoms with van der Waals surface area (Å²) in [5.41, 5.74) is 9.13. The van der Waals surface area contributed by atoms with E-state index in [1.807, 2.05) is 61.8 Å². The molecular weight excluding hydrogens is 673 g/mol. The Morgan fingerprint density at radius 2 is 1.77 bits per heavy atom. The zero-order valence-corrected chi connectivity index (χ0v) is 27.2. The third-order valence-electron chi connectivity index (χ3n) is 8.40. The van der Waals surface area contributed by atoms with Crippen molar-refractivity contribution in [3.05, 3.63) is 80.3 Å². The summed E-state index contributed by atoms with van der Waals surface area (Å²) in [7, 11) is 2.21. The number of nitrogen functional groups attached to an aromatic ring is 1. The van der Waals surface area contributed by atoms with Gasteiger partial charge in [0.15, 0.2) is 0 Å². The van der Waals surface area contributed by atoms with E-state index in [2.05, 4.69) is 53.8 Å². The van der Waals surface area contributed by atoms with Crippen LogP contribution in [0.5, 0.6) is 17.2 Å². The van der Waals surface area contributed by atoms with E-state index in [1.165, 1.54) is 0 Å². The van der Waals surface area contributed by atoms with E-state index in [4.69, 9.17) is 20.2 Å². The molecule has 0 spiro atoms. The third kappa shape index (κ3) is 6.08. The highest BCUT2D eigenvalue weighted by molar-refractivity contribution is 14.1. The zero-order valence-electron chi connectivity index (χ0n) is 24.2. The average molecular weight is 708 g/mol. The van der Waals surface area contributed by atoms with Crippen LogP contribution >= 0.6 is 33.9 Å². The van der Waals surface area contributed by atoms with Gasteiger partial charge in [0, 0.05) is 71.9 Å². The van der Waals surface area contributed by atoms with E-state index in [-0.39, 0.29) is 0 Å². The Bertz CT molecular complexity index is 1740. The highest BCUT2D eigenvalue weighted by Crippen LogP contribution is 2.42. The fourth-order valence-electron chi connectivity index (χ4n) is 5.98. The van der Waals surface area contributed by atoms with E-state index >= 15 is 0 Å². The first kappa shape index (κ1) is 28.5. The molecule has 2 aromatic carbocycles. The van der Waals surface area contributed by atoms with Crippen LogP contribution in [0.3, 0.4) is 0 Å². The van der Waals surface area contributed by atoms with E-state index in [0.717, 1.165) is 92.3 Å². The van der Waals surface area contributed by atoms with Gasteiger partial charge in [-0.25, -0.2) is 15.0 Å². The summed E-state index contributed by atoms with van der Waals surface area (Å²) in [6.07, 6.45) is 7.87. The van der Waals surface area contributed by atoms with Crippen LogP contribution in [0.25, 0.3) is 16.8 Å². The molecule has 3 aromatic heterocycles. The Morgan fingerprint density at radius 1 is 1.00 bits per heavy atom. The van der Waals surface area contributed by atoms with Crippen LogP contribution in [0.15, 0.2) is 61.1 Å². The van der Waals surface area contributed by atoms with Crippen molar-refractivity contribution in [2.75, 3.05) is 39.0 Å². The fourth-order valence-corrected chi connectivity index (χ4v) is 7.30. The Morgan fingerprint density at radius 3 is 2.51 bits per heavy atom. The maximum absolute atomic E-state index is 6.42. The van der Waals surface area contributed by atoms with Crippen molar-refractivity contribution < 1.29 is 9.47 Å². The second kappa shape index (κ2) is 12.0. The number of hydrogen-bond donors (Lipinski definition) is 1. The van der Waals surface area contributed by atoms with Gasteiger partial charge in [-0.2, -0.15) is 0 Å². The molecule has 2 N–H and O–H groups in total. The number of likely N-dealkylation sites (N-methyl/N-ethyl adjacent to an activating group) is 1. The summed E-state index contributed by atoms with van der Waals surface area (Å²) in [6.45, 7) is 7.06. The van der Waals surface area contributed by atoms with Crippen molar-refractivity contribution in [2.45, 2.75) is 38.3 Å². The predicted molar refractivity (Wildman–Crippen MR) is 178 cm³/mol. The molecule has 1 aliphatic carbocycles. The van der Waals surface area contributed by atoms with E-state index in [0.29, 0.717) is 24.4 Å². The van der Waals surface area contributed by atoms with Gasteiger partial charge in [-0.1, -0.05) is 0 Å². The minimum absolute atomic E-state index is 0.410. The molecule has 1 aliphatic heterocycles. The van der Waals surface area contributed by atoms with Gasteiger partial charge in [0.05, 0.1) is 9.88 Å². The lowest BCUT2D eigenvalue weighted by Gasteiger charge is -2.45. The number of anilines is 1. The number of aromatic nitrogens is 4. The maximum atomic E-state index is 6.42. The number of benzene rings is 2. The average Bonchev–Trinajstić information content (AvgIpc) is 3.57. The number of thiazole rings is 1. The van der Waals surface area contributed by atoms with Gasteiger partial charge in [0.25, 0.3) is 0 Å². The van der Waals surface area contributed by atoms with Crippen LogP contribution in [0, 0.1) is 10.5 Å². The molecule has 11 heteroatoms. The number of piperazine rings is 1. The Labute approximate surface area is 268 Å². The van der Waals surface area contributed by atoms with E-state index in [1.54, 1.807) is 17.5 Å². The second-order valence-electron chi connectivity index (χ2n) is 11.4. The van der Waals surface area contributed by atoms with Crippen LogP contribution in [0.2, 0.25) is 0 Å². The number of aryl methyl sites for hydroxylation is 1. The van der Waals surface area contributed by atoms with Crippen LogP contribution in [0.1, 0.15) is 34.5 Å². The maximum Gasteiger partial charge on any atom is 0.150 e.